The van der Waals surface area contributed by atoms with Gasteiger partial charge in [0.2, 0.25) is 0 Å². The van der Waals surface area contributed by atoms with Gasteiger partial charge in [0.25, 0.3) is 5.91 Å². The molecule has 0 unspecified atom stereocenters. The predicted molar refractivity (Wildman–Crippen MR) is 101 cm³/mol. The summed E-state index contributed by atoms with van der Waals surface area (Å²) in [7, 11) is -1.93. The van der Waals surface area contributed by atoms with Crippen LogP contribution >= 0.6 is 0 Å². The number of carbonyl (C=O) groups is 1. The highest BCUT2D eigenvalue weighted by Gasteiger charge is 2.37. The highest BCUT2D eigenvalue weighted by Crippen LogP contribution is 2.30. The largest absolute Gasteiger partial charge is 0.493 e. The molecule has 1 aromatic heterocycles. The van der Waals surface area contributed by atoms with Gasteiger partial charge in [-0.2, -0.15) is 0 Å². The molecule has 27 heavy (non-hydrogen) atoms. The van der Waals surface area contributed by atoms with Crippen LogP contribution in [-0.4, -0.2) is 44.7 Å². The van der Waals surface area contributed by atoms with E-state index in [9.17, 15) is 13.2 Å². The Bertz CT molecular complexity index is 1090. The van der Waals surface area contributed by atoms with E-state index in [1.165, 1.54) is 12.0 Å². The van der Waals surface area contributed by atoms with Crippen molar-refractivity contribution in [3.05, 3.63) is 60.4 Å². The average molecular weight is 385 g/mol. The number of amides is 1. The van der Waals surface area contributed by atoms with Crippen LogP contribution in [0.5, 0.6) is 5.75 Å². The number of methoxy groups -OCH3 is 1. The van der Waals surface area contributed by atoms with E-state index in [4.69, 9.17) is 9.15 Å². The fourth-order valence-corrected chi connectivity index (χ4v) is 5.14. The van der Waals surface area contributed by atoms with Gasteiger partial charge in [-0.25, -0.2) is 8.42 Å². The molecule has 2 aromatic carbocycles. The standard InChI is InChI=1S/C20H19NO5S/c1-25-17-9-5-6-14-12-18(26-19(14)17)20(22)21-11-10-16(13-21)27(23,24)15-7-3-2-4-8-15/h2-9,12,16H,10-11,13H2,1H3/t16-/m1/s1. The molecule has 0 spiro atoms. The van der Waals surface area contributed by atoms with Crippen LogP contribution in [0.2, 0.25) is 0 Å². The highest BCUT2D eigenvalue weighted by molar-refractivity contribution is 7.92. The summed E-state index contributed by atoms with van der Waals surface area (Å²) in [5.41, 5.74) is 0.510. The first-order valence-corrected chi connectivity index (χ1v) is 10.2. The van der Waals surface area contributed by atoms with Crippen LogP contribution in [0.1, 0.15) is 17.0 Å². The topological polar surface area (TPSA) is 76.8 Å². The van der Waals surface area contributed by atoms with Crippen molar-refractivity contribution in [3.63, 3.8) is 0 Å². The van der Waals surface area contributed by atoms with Gasteiger partial charge in [-0.1, -0.05) is 30.3 Å². The Balaban J connectivity index is 1.56. The molecule has 4 rings (SSSR count). The van der Waals surface area contributed by atoms with E-state index in [0.717, 1.165) is 5.39 Å². The first-order valence-electron chi connectivity index (χ1n) is 8.65. The van der Waals surface area contributed by atoms with E-state index in [1.54, 1.807) is 42.5 Å². The Morgan fingerprint density at radius 3 is 2.67 bits per heavy atom. The van der Waals surface area contributed by atoms with Gasteiger partial charge in [0.15, 0.2) is 26.9 Å². The summed E-state index contributed by atoms with van der Waals surface area (Å²) < 4.78 is 36.5. The molecular formula is C20H19NO5S. The molecule has 0 aliphatic carbocycles. The summed E-state index contributed by atoms with van der Waals surface area (Å²) in [5.74, 6) is 0.434. The minimum Gasteiger partial charge on any atom is -0.493 e. The van der Waals surface area contributed by atoms with Crippen molar-refractivity contribution in [2.24, 2.45) is 0 Å². The minimum absolute atomic E-state index is 0.157. The second kappa shape index (κ2) is 6.74. The van der Waals surface area contributed by atoms with Gasteiger partial charge in [-0.05, 0) is 30.7 Å². The molecule has 2 heterocycles. The molecule has 0 radical (unpaired) electrons. The number of rotatable bonds is 4. The van der Waals surface area contributed by atoms with Crippen LogP contribution in [0, 0.1) is 0 Å². The Morgan fingerprint density at radius 2 is 1.93 bits per heavy atom. The van der Waals surface area contributed by atoms with Crippen molar-refractivity contribution in [1.82, 2.24) is 4.90 Å². The molecule has 0 N–H and O–H groups in total. The number of furan rings is 1. The van der Waals surface area contributed by atoms with Crippen LogP contribution in [-0.2, 0) is 9.84 Å². The molecule has 6 nitrogen and oxygen atoms in total. The molecular weight excluding hydrogens is 366 g/mol. The molecule has 1 saturated heterocycles. The summed E-state index contributed by atoms with van der Waals surface area (Å²) >= 11 is 0. The normalized spacial score (nSPS) is 17.4. The number of para-hydroxylation sites is 1. The fraction of sp³-hybridized carbons (Fsp3) is 0.250. The van der Waals surface area contributed by atoms with Gasteiger partial charge in [-0.15, -0.1) is 0 Å². The first kappa shape index (κ1) is 17.6. The maximum absolute atomic E-state index is 12.8. The predicted octanol–water partition coefficient (Wildman–Crippen LogP) is 3.13. The Hall–Kier alpha value is -2.80. The van der Waals surface area contributed by atoms with E-state index in [0.29, 0.717) is 24.3 Å². The number of benzene rings is 2. The minimum atomic E-state index is -3.47. The number of carbonyl (C=O) groups excluding carboxylic acids is 1. The second-order valence-corrected chi connectivity index (χ2v) is 8.74. The van der Waals surface area contributed by atoms with E-state index in [2.05, 4.69) is 0 Å². The van der Waals surface area contributed by atoms with E-state index in [1.807, 2.05) is 12.1 Å². The van der Waals surface area contributed by atoms with E-state index >= 15 is 0 Å². The number of hydrogen-bond acceptors (Lipinski definition) is 5. The highest BCUT2D eigenvalue weighted by atomic mass is 32.2. The zero-order valence-electron chi connectivity index (χ0n) is 14.8. The van der Waals surface area contributed by atoms with Crippen molar-refractivity contribution in [1.29, 1.82) is 0 Å². The third-order valence-electron chi connectivity index (χ3n) is 4.88. The second-order valence-electron chi connectivity index (χ2n) is 6.51. The van der Waals surface area contributed by atoms with Crippen LogP contribution in [0.3, 0.4) is 0 Å². The number of nitrogens with zero attached hydrogens (tertiary/aromatic N) is 1. The third kappa shape index (κ3) is 3.08. The summed E-state index contributed by atoms with van der Waals surface area (Å²) in [4.78, 5) is 14.6. The first-order chi connectivity index (χ1) is 13.0. The van der Waals surface area contributed by atoms with E-state index < -0.39 is 15.1 Å². The molecule has 140 valence electrons. The molecule has 1 aliphatic rings. The lowest BCUT2D eigenvalue weighted by molar-refractivity contribution is 0.0764. The van der Waals surface area contributed by atoms with Crippen LogP contribution in [0.15, 0.2) is 63.9 Å². The molecule has 1 atom stereocenters. The van der Waals surface area contributed by atoms with Gasteiger partial charge in [0.1, 0.15) is 0 Å². The number of fused-ring (bicyclic) bond motifs is 1. The number of sulfone groups is 1. The van der Waals surface area contributed by atoms with Crippen molar-refractivity contribution >= 4 is 26.7 Å². The summed E-state index contributed by atoms with van der Waals surface area (Å²) in [6.07, 6.45) is 0.409. The molecule has 7 heteroatoms. The number of ether oxygens (including phenoxy) is 1. The van der Waals surface area contributed by atoms with Gasteiger partial charge < -0.3 is 14.1 Å². The zero-order valence-corrected chi connectivity index (χ0v) is 15.6. The average Bonchev–Trinajstić information content (AvgIpc) is 3.35. The summed E-state index contributed by atoms with van der Waals surface area (Å²) in [6.45, 7) is 0.536. The fourth-order valence-electron chi connectivity index (χ4n) is 3.43. The maximum Gasteiger partial charge on any atom is 0.289 e. The van der Waals surface area contributed by atoms with Crippen molar-refractivity contribution in [2.75, 3.05) is 20.2 Å². The zero-order chi connectivity index (χ0) is 19.0. The molecule has 3 aromatic rings. The van der Waals surface area contributed by atoms with Crippen molar-refractivity contribution in [3.8, 4) is 5.75 Å². The van der Waals surface area contributed by atoms with Crippen molar-refractivity contribution in [2.45, 2.75) is 16.6 Å². The van der Waals surface area contributed by atoms with Crippen LogP contribution < -0.4 is 4.74 Å². The van der Waals surface area contributed by atoms with Crippen LogP contribution in [0.4, 0.5) is 0 Å². The van der Waals surface area contributed by atoms with Gasteiger partial charge in [0.05, 0.1) is 17.3 Å². The maximum atomic E-state index is 12.8. The smallest absolute Gasteiger partial charge is 0.289 e. The molecule has 1 amide bonds. The molecule has 1 aliphatic heterocycles. The Morgan fingerprint density at radius 1 is 1.15 bits per heavy atom. The SMILES string of the molecule is COc1cccc2cc(C(=O)N3CC[C@@H](S(=O)(=O)c4ccccc4)C3)oc12. The number of likely N-dealkylation sites (tertiary alicyclic amines) is 1. The van der Waals surface area contributed by atoms with Gasteiger partial charge in [-0.3, -0.25) is 4.79 Å². The molecule has 0 saturated carbocycles. The van der Waals surface area contributed by atoms with Crippen molar-refractivity contribution < 1.29 is 22.4 Å². The monoisotopic (exact) mass is 385 g/mol. The third-order valence-corrected chi connectivity index (χ3v) is 7.07. The van der Waals surface area contributed by atoms with E-state index in [-0.39, 0.29) is 23.1 Å². The van der Waals surface area contributed by atoms with Gasteiger partial charge in [0, 0.05) is 18.5 Å². The molecule has 0 bridgehead atoms. The summed E-state index contributed by atoms with van der Waals surface area (Å²) in [6, 6.07) is 15.4. The van der Waals surface area contributed by atoms with Crippen LogP contribution in [0.25, 0.3) is 11.0 Å². The summed E-state index contributed by atoms with van der Waals surface area (Å²) in [5, 5.41) is 0.160. The quantitative estimate of drug-likeness (QED) is 0.690. The lowest BCUT2D eigenvalue weighted by Gasteiger charge is -2.15. The number of hydrogen-bond donors (Lipinski definition) is 0. The Kier molecular flexibility index (Phi) is 4.39. The Labute approximate surface area is 157 Å². The lowest BCUT2D eigenvalue weighted by Crippen LogP contribution is -2.31. The lowest BCUT2D eigenvalue weighted by atomic mass is 10.2. The molecule has 1 fully saturated rings. The van der Waals surface area contributed by atoms with Gasteiger partial charge >= 0.3 is 0 Å².